The number of nitrogens with two attached hydrogens (primary N) is 1. The Bertz CT molecular complexity index is 631. The van der Waals surface area contributed by atoms with Crippen LogP contribution in [0.5, 0.6) is 0 Å². The quantitative estimate of drug-likeness (QED) is 0.600. The van der Waals surface area contributed by atoms with Crippen molar-refractivity contribution in [2.45, 2.75) is 12.1 Å². The molecule has 5 N–H and O–H groups in total. The van der Waals surface area contributed by atoms with Gasteiger partial charge in [0.25, 0.3) is 0 Å². The molecule has 2 unspecified atom stereocenters. The summed E-state index contributed by atoms with van der Waals surface area (Å²) in [5, 5.41) is 3.37. The molecule has 0 saturated carbocycles. The van der Waals surface area contributed by atoms with Crippen LogP contribution in [0.4, 0.5) is 0 Å². The third kappa shape index (κ3) is 2.30. The van der Waals surface area contributed by atoms with Crippen molar-refractivity contribution in [3.8, 4) is 0 Å². The van der Waals surface area contributed by atoms with Crippen LogP contribution in [-0.2, 0) is 0 Å². The van der Waals surface area contributed by atoms with Gasteiger partial charge in [0.2, 0.25) is 0 Å². The Kier molecular flexibility index (Phi) is 3.14. The van der Waals surface area contributed by atoms with Crippen molar-refractivity contribution in [3.63, 3.8) is 0 Å². The van der Waals surface area contributed by atoms with E-state index in [9.17, 15) is 4.79 Å². The zero-order valence-electron chi connectivity index (χ0n) is 10.9. The second kappa shape index (κ2) is 4.80. The molecule has 0 aliphatic carbocycles. The Morgan fingerprint density at radius 3 is 2.95 bits per heavy atom. The van der Waals surface area contributed by atoms with E-state index in [0.29, 0.717) is 0 Å². The number of piperazine rings is 1. The van der Waals surface area contributed by atoms with Gasteiger partial charge in [0.05, 0.1) is 11.0 Å². The molecule has 2 heterocycles. The Balaban J connectivity index is 1.91. The lowest BCUT2D eigenvalue weighted by Crippen LogP contribution is -2.53. The van der Waals surface area contributed by atoms with Crippen LogP contribution in [0, 0.1) is 0 Å². The summed E-state index contributed by atoms with van der Waals surface area (Å²) in [6.07, 6.45) is 0. The first-order valence-corrected chi connectivity index (χ1v) is 6.53. The average Bonchev–Trinajstić information content (AvgIpc) is 2.77. The zero-order chi connectivity index (χ0) is 13.4. The van der Waals surface area contributed by atoms with Crippen molar-refractivity contribution in [1.29, 1.82) is 0 Å². The molecule has 1 aliphatic heterocycles. The van der Waals surface area contributed by atoms with Gasteiger partial charge in [-0.15, -0.1) is 0 Å². The maximum Gasteiger partial charge on any atom is 0.323 e. The van der Waals surface area contributed by atoms with Crippen molar-refractivity contribution in [1.82, 2.24) is 20.2 Å². The Labute approximate surface area is 111 Å². The van der Waals surface area contributed by atoms with E-state index in [1.807, 2.05) is 18.2 Å². The van der Waals surface area contributed by atoms with Crippen LogP contribution < -0.4 is 16.7 Å². The third-order valence-electron chi connectivity index (χ3n) is 3.90. The molecule has 2 atom stereocenters. The fourth-order valence-corrected chi connectivity index (χ4v) is 2.71. The molecule has 1 aliphatic rings. The molecule has 19 heavy (non-hydrogen) atoms. The van der Waals surface area contributed by atoms with E-state index in [1.54, 1.807) is 0 Å². The monoisotopic (exact) mass is 261 g/mol. The first kappa shape index (κ1) is 12.4. The lowest BCUT2D eigenvalue weighted by Gasteiger charge is -2.37. The Morgan fingerprint density at radius 1 is 1.37 bits per heavy atom. The standard InChI is InChI=1S/C13H19N5O/c1-18-5-4-15-7-11(18)12(14)8-2-3-9-10(6-8)17-13(19)16-9/h2-3,6,11-12,15H,4-5,7,14H2,1H3,(H2,16,17,19). The number of hydrogen-bond acceptors (Lipinski definition) is 4. The molecular formula is C13H19N5O. The van der Waals surface area contributed by atoms with E-state index in [-0.39, 0.29) is 17.8 Å². The number of hydrogen-bond donors (Lipinski definition) is 4. The minimum atomic E-state index is -0.183. The summed E-state index contributed by atoms with van der Waals surface area (Å²) in [6.45, 7) is 2.89. The van der Waals surface area contributed by atoms with Crippen LogP contribution >= 0.6 is 0 Å². The molecule has 1 aromatic carbocycles. The molecule has 6 heteroatoms. The minimum absolute atomic E-state index is 0.0689. The van der Waals surface area contributed by atoms with Gasteiger partial charge in [0, 0.05) is 31.7 Å². The maximum absolute atomic E-state index is 11.3. The van der Waals surface area contributed by atoms with Crippen LogP contribution in [0.1, 0.15) is 11.6 Å². The highest BCUT2D eigenvalue weighted by Crippen LogP contribution is 2.21. The van der Waals surface area contributed by atoms with E-state index in [0.717, 1.165) is 36.2 Å². The summed E-state index contributed by atoms with van der Waals surface area (Å²) >= 11 is 0. The summed E-state index contributed by atoms with van der Waals surface area (Å²) in [5.74, 6) is 0. The second-order valence-corrected chi connectivity index (χ2v) is 5.16. The first-order valence-electron chi connectivity index (χ1n) is 6.53. The molecule has 0 spiro atoms. The normalized spacial score (nSPS) is 22.7. The molecule has 0 bridgehead atoms. The number of imidazole rings is 1. The fraction of sp³-hybridized carbons (Fsp3) is 0.462. The number of likely N-dealkylation sites (N-methyl/N-ethyl adjacent to an activating group) is 1. The van der Waals surface area contributed by atoms with Gasteiger partial charge in [0.1, 0.15) is 0 Å². The number of rotatable bonds is 2. The highest BCUT2D eigenvalue weighted by atomic mass is 16.1. The summed E-state index contributed by atoms with van der Waals surface area (Å²) in [6, 6.07) is 6.05. The van der Waals surface area contributed by atoms with Gasteiger partial charge in [-0.25, -0.2) is 4.79 Å². The van der Waals surface area contributed by atoms with Crippen molar-refractivity contribution < 1.29 is 0 Å². The average molecular weight is 261 g/mol. The van der Waals surface area contributed by atoms with E-state index < -0.39 is 0 Å². The lowest BCUT2D eigenvalue weighted by atomic mass is 9.97. The molecule has 0 amide bonds. The maximum atomic E-state index is 11.3. The zero-order valence-corrected chi connectivity index (χ0v) is 10.9. The van der Waals surface area contributed by atoms with Gasteiger partial charge >= 0.3 is 5.69 Å². The number of nitrogens with zero attached hydrogens (tertiary/aromatic N) is 1. The molecule has 2 aromatic rings. The van der Waals surface area contributed by atoms with Gasteiger partial charge in [0.15, 0.2) is 0 Å². The number of nitrogens with one attached hydrogen (secondary N) is 3. The fourth-order valence-electron chi connectivity index (χ4n) is 2.71. The van der Waals surface area contributed by atoms with Gasteiger partial charge in [-0.1, -0.05) is 6.07 Å². The van der Waals surface area contributed by atoms with Gasteiger partial charge < -0.3 is 21.0 Å². The first-order chi connectivity index (χ1) is 9.15. The van der Waals surface area contributed by atoms with Gasteiger partial charge in [-0.3, -0.25) is 4.90 Å². The number of aromatic amines is 2. The summed E-state index contributed by atoms with van der Waals surface area (Å²) in [7, 11) is 2.10. The van der Waals surface area contributed by atoms with Crippen LogP contribution in [0.25, 0.3) is 11.0 Å². The SMILES string of the molecule is CN1CCNCC1C(N)c1ccc2[nH]c(=O)[nH]c2c1. The van der Waals surface area contributed by atoms with Crippen molar-refractivity contribution in [2.75, 3.05) is 26.7 Å². The molecule has 1 saturated heterocycles. The van der Waals surface area contributed by atoms with Crippen LogP contribution in [0.3, 0.4) is 0 Å². The predicted octanol–water partition coefficient (Wildman–Crippen LogP) is -0.240. The molecule has 0 radical (unpaired) electrons. The van der Waals surface area contributed by atoms with Crippen molar-refractivity contribution >= 4 is 11.0 Å². The van der Waals surface area contributed by atoms with Crippen molar-refractivity contribution in [2.24, 2.45) is 5.73 Å². The van der Waals surface area contributed by atoms with Crippen LogP contribution in [0.15, 0.2) is 23.0 Å². The predicted molar refractivity (Wildman–Crippen MR) is 75.1 cm³/mol. The smallest absolute Gasteiger partial charge is 0.323 e. The van der Waals surface area contributed by atoms with E-state index in [4.69, 9.17) is 5.73 Å². The Morgan fingerprint density at radius 2 is 2.16 bits per heavy atom. The van der Waals surface area contributed by atoms with Crippen LogP contribution in [0.2, 0.25) is 0 Å². The van der Waals surface area contributed by atoms with Gasteiger partial charge in [-0.2, -0.15) is 0 Å². The number of aromatic nitrogens is 2. The molecule has 3 rings (SSSR count). The van der Waals surface area contributed by atoms with Gasteiger partial charge in [-0.05, 0) is 24.7 Å². The minimum Gasteiger partial charge on any atom is -0.323 e. The number of benzene rings is 1. The number of fused-ring (bicyclic) bond motifs is 1. The number of H-pyrrole nitrogens is 2. The van der Waals surface area contributed by atoms with E-state index in [1.165, 1.54) is 0 Å². The second-order valence-electron chi connectivity index (χ2n) is 5.16. The largest absolute Gasteiger partial charge is 0.323 e. The van der Waals surface area contributed by atoms with E-state index >= 15 is 0 Å². The topological polar surface area (TPSA) is 89.9 Å². The van der Waals surface area contributed by atoms with Crippen molar-refractivity contribution in [3.05, 3.63) is 34.2 Å². The molecule has 102 valence electrons. The summed E-state index contributed by atoms with van der Waals surface area (Å²) < 4.78 is 0. The summed E-state index contributed by atoms with van der Waals surface area (Å²) in [5.41, 5.74) is 8.86. The molecule has 6 nitrogen and oxygen atoms in total. The summed E-state index contributed by atoms with van der Waals surface area (Å²) in [4.78, 5) is 19.1. The molecular weight excluding hydrogens is 242 g/mol. The van der Waals surface area contributed by atoms with E-state index in [2.05, 4.69) is 27.2 Å². The Hall–Kier alpha value is -1.63. The molecule has 1 fully saturated rings. The lowest BCUT2D eigenvalue weighted by molar-refractivity contribution is 0.174. The highest BCUT2D eigenvalue weighted by molar-refractivity contribution is 5.75. The highest BCUT2D eigenvalue weighted by Gasteiger charge is 2.26. The third-order valence-corrected chi connectivity index (χ3v) is 3.90. The van der Waals surface area contributed by atoms with Crippen LogP contribution in [-0.4, -0.2) is 47.6 Å². The molecule has 1 aromatic heterocycles.